The van der Waals surface area contributed by atoms with Crippen molar-refractivity contribution in [3.05, 3.63) is 56.8 Å². The van der Waals surface area contributed by atoms with E-state index in [-0.39, 0.29) is 22.4 Å². The molecule has 0 spiro atoms. The van der Waals surface area contributed by atoms with Crippen LogP contribution in [0.3, 0.4) is 0 Å². The van der Waals surface area contributed by atoms with E-state index in [1.54, 1.807) is 25.1 Å². The van der Waals surface area contributed by atoms with Crippen molar-refractivity contribution in [1.82, 2.24) is 0 Å². The molecular weight excluding hydrogens is 357 g/mol. The van der Waals surface area contributed by atoms with Gasteiger partial charge in [-0.15, -0.1) is 0 Å². The molecule has 1 aromatic carbocycles. The normalized spacial score (nSPS) is 17.5. The van der Waals surface area contributed by atoms with Gasteiger partial charge in [0.1, 0.15) is 5.76 Å². The van der Waals surface area contributed by atoms with Crippen molar-refractivity contribution in [2.24, 2.45) is 5.73 Å². The molecule has 0 aromatic heterocycles. The van der Waals surface area contributed by atoms with Crippen molar-refractivity contribution in [1.29, 1.82) is 0 Å². The van der Waals surface area contributed by atoms with Crippen molar-refractivity contribution in [2.45, 2.75) is 19.8 Å². The minimum absolute atomic E-state index is 0.0453. The van der Waals surface area contributed by atoms with Crippen LogP contribution in [0.25, 0.3) is 0 Å². The summed E-state index contributed by atoms with van der Waals surface area (Å²) >= 11 is 12.0. The summed E-state index contributed by atoms with van der Waals surface area (Å²) in [6.45, 7) is 2.98. The van der Waals surface area contributed by atoms with E-state index in [0.717, 1.165) is 7.11 Å². The minimum atomic E-state index is -0.982. The molecule has 1 aliphatic rings. The predicted molar refractivity (Wildman–Crippen MR) is 88.4 cm³/mol. The van der Waals surface area contributed by atoms with Crippen LogP contribution in [0.15, 0.2) is 41.2 Å². The highest BCUT2D eigenvalue weighted by atomic mass is 35.5. The molecule has 2 N–H and O–H groups in total. The van der Waals surface area contributed by atoms with Crippen molar-refractivity contribution in [3.8, 4) is 0 Å². The van der Waals surface area contributed by atoms with Crippen LogP contribution in [0.5, 0.6) is 0 Å². The van der Waals surface area contributed by atoms with Crippen LogP contribution in [-0.2, 0) is 19.0 Å². The third-order valence-corrected chi connectivity index (χ3v) is 4.19. The lowest BCUT2D eigenvalue weighted by Gasteiger charge is -2.28. The molecule has 1 atom stereocenters. The van der Waals surface area contributed by atoms with Gasteiger partial charge in [0.2, 0.25) is 5.88 Å². The zero-order chi connectivity index (χ0) is 18.0. The molecule has 1 unspecified atom stereocenters. The molecule has 0 aliphatic carbocycles. The summed E-state index contributed by atoms with van der Waals surface area (Å²) < 4.78 is 15.0. The molecule has 0 amide bonds. The van der Waals surface area contributed by atoms with Crippen LogP contribution in [0, 0.1) is 0 Å². The quantitative estimate of drug-likeness (QED) is 0.811. The highest BCUT2D eigenvalue weighted by Gasteiger charge is 2.36. The van der Waals surface area contributed by atoms with Crippen LogP contribution in [-0.4, -0.2) is 19.0 Å². The smallest absolute Gasteiger partial charge is 0.442 e. The molecule has 1 aliphatic heterocycles. The minimum Gasteiger partial charge on any atom is -0.442 e. The largest absolute Gasteiger partial charge is 0.513 e. The Balaban J connectivity index is 2.63. The molecule has 0 bridgehead atoms. The fourth-order valence-electron chi connectivity index (χ4n) is 2.45. The average molecular weight is 372 g/mol. The van der Waals surface area contributed by atoms with E-state index in [1.807, 2.05) is 0 Å². The van der Waals surface area contributed by atoms with E-state index in [4.69, 9.17) is 38.4 Å². The van der Waals surface area contributed by atoms with E-state index in [0.29, 0.717) is 21.9 Å². The summed E-state index contributed by atoms with van der Waals surface area (Å²) in [6.07, 6.45) is -0.982. The maximum atomic E-state index is 12.1. The van der Waals surface area contributed by atoms with Gasteiger partial charge in [-0.05, 0) is 31.5 Å². The van der Waals surface area contributed by atoms with Crippen LogP contribution >= 0.6 is 23.2 Å². The Kier molecular flexibility index (Phi) is 5.41. The van der Waals surface area contributed by atoms with Gasteiger partial charge in [-0.1, -0.05) is 29.3 Å². The second kappa shape index (κ2) is 7.15. The summed E-state index contributed by atoms with van der Waals surface area (Å²) in [4.78, 5) is 23.7. The predicted octanol–water partition coefficient (Wildman–Crippen LogP) is 3.88. The maximum absolute atomic E-state index is 12.1. The molecule has 1 aromatic rings. The Labute approximate surface area is 148 Å². The first-order valence-electron chi connectivity index (χ1n) is 6.86. The summed E-state index contributed by atoms with van der Waals surface area (Å²) in [7, 11) is 1.16. The SMILES string of the molecule is COC(=O)OC1=C(N)OC(C)=C(C(C)=O)C1c1ccc(Cl)c(Cl)c1. The van der Waals surface area contributed by atoms with Crippen LogP contribution in [0.1, 0.15) is 25.3 Å². The second-order valence-electron chi connectivity index (χ2n) is 5.02. The lowest BCUT2D eigenvalue weighted by Crippen LogP contribution is -2.26. The van der Waals surface area contributed by atoms with E-state index in [9.17, 15) is 9.59 Å². The van der Waals surface area contributed by atoms with Crippen LogP contribution in [0.4, 0.5) is 4.79 Å². The zero-order valence-electron chi connectivity index (χ0n) is 13.2. The first-order valence-corrected chi connectivity index (χ1v) is 7.61. The van der Waals surface area contributed by atoms with Gasteiger partial charge in [-0.2, -0.15) is 0 Å². The number of hydrogen-bond donors (Lipinski definition) is 1. The number of carbonyl (C=O) groups is 2. The molecular formula is C16H15Cl2NO5. The summed E-state index contributed by atoms with van der Waals surface area (Å²) in [5.41, 5.74) is 6.71. The monoisotopic (exact) mass is 371 g/mol. The number of hydrogen-bond acceptors (Lipinski definition) is 6. The number of methoxy groups -OCH3 is 1. The van der Waals surface area contributed by atoms with E-state index in [2.05, 4.69) is 4.74 Å². The molecule has 2 rings (SSSR count). The van der Waals surface area contributed by atoms with Gasteiger partial charge in [0.05, 0.1) is 23.1 Å². The van der Waals surface area contributed by atoms with Crippen molar-refractivity contribution < 1.29 is 23.8 Å². The molecule has 8 heteroatoms. The molecule has 24 heavy (non-hydrogen) atoms. The number of allylic oxidation sites excluding steroid dienone is 2. The average Bonchev–Trinajstić information content (AvgIpc) is 2.51. The zero-order valence-corrected chi connectivity index (χ0v) is 14.7. The van der Waals surface area contributed by atoms with E-state index < -0.39 is 12.1 Å². The third-order valence-electron chi connectivity index (χ3n) is 3.45. The number of ether oxygens (including phenoxy) is 3. The Morgan fingerprint density at radius 1 is 1.25 bits per heavy atom. The van der Waals surface area contributed by atoms with Gasteiger partial charge in [0, 0.05) is 5.57 Å². The topological polar surface area (TPSA) is 87.8 Å². The Morgan fingerprint density at radius 3 is 2.46 bits per heavy atom. The van der Waals surface area contributed by atoms with Crippen LogP contribution in [0.2, 0.25) is 10.0 Å². The van der Waals surface area contributed by atoms with Crippen LogP contribution < -0.4 is 5.73 Å². The molecule has 128 valence electrons. The molecule has 0 fully saturated rings. The number of nitrogens with two attached hydrogens (primary N) is 1. The van der Waals surface area contributed by atoms with Gasteiger partial charge < -0.3 is 19.9 Å². The van der Waals surface area contributed by atoms with E-state index in [1.165, 1.54) is 6.92 Å². The number of Topliss-reactive ketones (excluding diaryl/α,β-unsaturated/α-hetero) is 1. The highest BCUT2D eigenvalue weighted by Crippen LogP contribution is 2.41. The fourth-order valence-corrected chi connectivity index (χ4v) is 2.76. The third kappa shape index (κ3) is 3.49. The van der Waals surface area contributed by atoms with Gasteiger partial charge in [0.25, 0.3) is 0 Å². The fraction of sp³-hybridized carbons (Fsp3) is 0.250. The lowest BCUT2D eigenvalue weighted by atomic mass is 9.85. The summed E-state index contributed by atoms with van der Waals surface area (Å²) in [5.74, 6) is -0.907. The molecule has 0 radical (unpaired) electrons. The Morgan fingerprint density at radius 2 is 1.92 bits per heavy atom. The Hall–Kier alpha value is -2.18. The van der Waals surface area contributed by atoms with Gasteiger partial charge in [0.15, 0.2) is 11.5 Å². The molecule has 0 saturated carbocycles. The number of halogens is 2. The molecule has 0 saturated heterocycles. The van der Waals surface area contributed by atoms with Gasteiger partial charge >= 0.3 is 6.16 Å². The first kappa shape index (κ1) is 18.2. The lowest BCUT2D eigenvalue weighted by molar-refractivity contribution is -0.114. The van der Waals surface area contributed by atoms with E-state index >= 15 is 0 Å². The van der Waals surface area contributed by atoms with Crippen molar-refractivity contribution >= 4 is 35.1 Å². The number of carbonyl (C=O) groups excluding carboxylic acids is 2. The first-order chi connectivity index (χ1) is 11.3. The number of benzene rings is 1. The molecule has 6 nitrogen and oxygen atoms in total. The second-order valence-corrected chi connectivity index (χ2v) is 5.83. The number of ketones is 1. The van der Waals surface area contributed by atoms with Crippen molar-refractivity contribution in [2.75, 3.05) is 7.11 Å². The summed E-state index contributed by atoms with van der Waals surface area (Å²) in [6, 6.07) is 4.81. The Bertz CT molecular complexity index is 770. The summed E-state index contributed by atoms with van der Waals surface area (Å²) in [5, 5.41) is 0.641. The number of rotatable bonds is 3. The maximum Gasteiger partial charge on any atom is 0.513 e. The van der Waals surface area contributed by atoms with Gasteiger partial charge in [-0.25, -0.2) is 4.79 Å². The highest BCUT2D eigenvalue weighted by molar-refractivity contribution is 6.42. The van der Waals surface area contributed by atoms with Crippen molar-refractivity contribution in [3.63, 3.8) is 0 Å². The van der Waals surface area contributed by atoms with Gasteiger partial charge in [-0.3, -0.25) is 4.79 Å². The molecule has 1 heterocycles. The standard InChI is InChI=1S/C16H15Cl2NO5/c1-7(20)12-8(2)23-15(19)14(24-16(21)22-3)13(12)9-4-5-10(17)11(18)6-9/h4-6,13H,19H2,1-3H3.